The molecule has 1 saturated heterocycles. The third-order valence-electron chi connectivity index (χ3n) is 3.70. The average molecular weight is 290 g/mol. The van der Waals surface area contributed by atoms with Crippen molar-refractivity contribution in [2.45, 2.75) is 39.7 Å². The maximum atomic E-state index is 11.8. The first-order valence-corrected chi connectivity index (χ1v) is 7.37. The van der Waals surface area contributed by atoms with Crippen molar-refractivity contribution >= 4 is 17.5 Å². The van der Waals surface area contributed by atoms with E-state index in [1.54, 1.807) is 13.0 Å². The van der Waals surface area contributed by atoms with Crippen molar-refractivity contribution in [3.05, 3.63) is 17.8 Å². The Morgan fingerprint density at radius 2 is 1.90 bits per heavy atom. The number of hydrogen-bond acceptors (Lipinski definition) is 5. The van der Waals surface area contributed by atoms with Gasteiger partial charge in [-0.05, 0) is 45.7 Å². The number of ketones is 1. The van der Waals surface area contributed by atoms with Gasteiger partial charge in [0, 0.05) is 25.0 Å². The number of amides is 1. The highest BCUT2D eigenvalue weighted by atomic mass is 16.2. The zero-order chi connectivity index (χ0) is 15.4. The van der Waals surface area contributed by atoms with Crippen LogP contribution in [0.2, 0.25) is 0 Å². The molecule has 0 radical (unpaired) electrons. The van der Waals surface area contributed by atoms with E-state index in [-0.39, 0.29) is 23.7 Å². The average Bonchev–Trinajstić information content (AvgIpc) is 2.47. The van der Waals surface area contributed by atoms with Gasteiger partial charge < -0.3 is 10.2 Å². The van der Waals surface area contributed by atoms with Crippen molar-refractivity contribution in [1.82, 2.24) is 15.5 Å². The van der Waals surface area contributed by atoms with E-state index in [0.717, 1.165) is 31.7 Å². The van der Waals surface area contributed by atoms with Crippen LogP contribution >= 0.6 is 0 Å². The molecular formula is C15H22N4O2. The van der Waals surface area contributed by atoms with E-state index in [4.69, 9.17) is 0 Å². The fourth-order valence-electron chi connectivity index (χ4n) is 2.47. The molecule has 0 saturated carbocycles. The maximum Gasteiger partial charge on any atom is 0.271 e. The van der Waals surface area contributed by atoms with Crippen molar-refractivity contribution in [3.8, 4) is 0 Å². The lowest BCUT2D eigenvalue weighted by atomic mass is 9.93. The van der Waals surface area contributed by atoms with E-state index in [1.807, 2.05) is 19.9 Å². The molecule has 0 atom stereocenters. The lowest BCUT2D eigenvalue weighted by Crippen LogP contribution is -2.36. The van der Waals surface area contributed by atoms with E-state index in [2.05, 4.69) is 20.4 Å². The van der Waals surface area contributed by atoms with Crippen LogP contribution in [-0.4, -0.2) is 41.0 Å². The predicted octanol–water partition coefficient (Wildman–Crippen LogP) is 1.42. The molecule has 1 aliphatic heterocycles. The van der Waals surface area contributed by atoms with Crippen molar-refractivity contribution in [3.63, 3.8) is 0 Å². The number of hydrogen-bond donors (Lipinski definition) is 1. The maximum absolute atomic E-state index is 11.8. The zero-order valence-electron chi connectivity index (χ0n) is 12.8. The lowest BCUT2D eigenvalue weighted by molar-refractivity contribution is -0.121. The molecular weight excluding hydrogens is 268 g/mol. The molecule has 0 aromatic carbocycles. The molecule has 1 amide bonds. The molecule has 0 aliphatic carbocycles. The molecule has 1 N–H and O–H groups in total. The van der Waals surface area contributed by atoms with Gasteiger partial charge in [-0.3, -0.25) is 9.59 Å². The molecule has 1 aliphatic rings. The van der Waals surface area contributed by atoms with Crippen molar-refractivity contribution in [1.29, 1.82) is 0 Å². The highest BCUT2D eigenvalue weighted by Gasteiger charge is 2.23. The Balaban J connectivity index is 1.97. The molecule has 2 rings (SSSR count). The van der Waals surface area contributed by atoms with Gasteiger partial charge in [-0.1, -0.05) is 0 Å². The number of rotatable bonds is 4. The molecule has 6 nitrogen and oxygen atoms in total. The fraction of sp³-hybridized carbons (Fsp3) is 0.600. The van der Waals surface area contributed by atoms with Crippen LogP contribution in [-0.2, 0) is 4.79 Å². The van der Waals surface area contributed by atoms with E-state index >= 15 is 0 Å². The van der Waals surface area contributed by atoms with Gasteiger partial charge in [0.25, 0.3) is 5.91 Å². The predicted molar refractivity (Wildman–Crippen MR) is 80.3 cm³/mol. The number of anilines is 1. The topological polar surface area (TPSA) is 75.2 Å². The van der Waals surface area contributed by atoms with Gasteiger partial charge in [0.05, 0.1) is 0 Å². The molecule has 1 aromatic heterocycles. The third kappa shape index (κ3) is 4.00. The minimum absolute atomic E-state index is 0.0737. The van der Waals surface area contributed by atoms with Crippen molar-refractivity contribution in [2.75, 3.05) is 18.0 Å². The summed E-state index contributed by atoms with van der Waals surface area (Å²) in [5.74, 6) is 0.990. The van der Waals surface area contributed by atoms with Crippen LogP contribution in [0, 0.1) is 5.92 Å². The highest BCUT2D eigenvalue weighted by Crippen LogP contribution is 2.21. The summed E-state index contributed by atoms with van der Waals surface area (Å²) in [6.07, 6.45) is 1.71. The first-order valence-electron chi connectivity index (χ1n) is 7.37. The van der Waals surface area contributed by atoms with Gasteiger partial charge in [-0.15, -0.1) is 10.2 Å². The summed E-state index contributed by atoms with van der Waals surface area (Å²) >= 11 is 0. The summed E-state index contributed by atoms with van der Waals surface area (Å²) in [6, 6.07) is 3.58. The first-order chi connectivity index (χ1) is 9.97. The smallest absolute Gasteiger partial charge is 0.271 e. The molecule has 1 fully saturated rings. The SMILES string of the molecule is CC(=O)C1CCN(c2ccc(C(=O)NC(C)C)nn2)CC1. The van der Waals surface area contributed by atoms with Gasteiger partial charge in [-0.2, -0.15) is 0 Å². The van der Waals surface area contributed by atoms with E-state index < -0.39 is 0 Å². The number of nitrogens with zero attached hydrogens (tertiary/aromatic N) is 3. The van der Waals surface area contributed by atoms with Crippen molar-refractivity contribution in [2.24, 2.45) is 5.92 Å². The summed E-state index contributed by atoms with van der Waals surface area (Å²) < 4.78 is 0. The van der Waals surface area contributed by atoms with E-state index in [0.29, 0.717) is 5.69 Å². The van der Waals surface area contributed by atoms with Crippen LogP contribution in [0.25, 0.3) is 0 Å². The second kappa shape index (κ2) is 6.65. The second-order valence-corrected chi connectivity index (χ2v) is 5.78. The van der Waals surface area contributed by atoms with Crippen LogP contribution in [0.4, 0.5) is 5.82 Å². The quantitative estimate of drug-likeness (QED) is 0.907. The standard InChI is InChI=1S/C15H22N4O2/c1-10(2)16-15(21)13-4-5-14(18-17-13)19-8-6-12(7-9-19)11(3)20/h4-5,10,12H,6-9H2,1-3H3,(H,16,21). The summed E-state index contributed by atoms with van der Waals surface area (Å²) in [7, 11) is 0. The molecule has 0 unspecified atom stereocenters. The monoisotopic (exact) mass is 290 g/mol. The fourth-order valence-corrected chi connectivity index (χ4v) is 2.47. The van der Waals surface area contributed by atoms with Gasteiger partial charge in [-0.25, -0.2) is 0 Å². The molecule has 6 heteroatoms. The zero-order valence-corrected chi connectivity index (χ0v) is 12.8. The van der Waals surface area contributed by atoms with Crippen LogP contribution < -0.4 is 10.2 Å². The minimum Gasteiger partial charge on any atom is -0.355 e. The number of aromatic nitrogens is 2. The van der Waals surface area contributed by atoms with Gasteiger partial charge in [0.15, 0.2) is 11.5 Å². The Bertz CT molecular complexity index is 505. The van der Waals surface area contributed by atoms with Crippen LogP contribution in [0.15, 0.2) is 12.1 Å². The number of carbonyl (C=O) groups is 2. The molecule has 21 heavy (non-hydrogen) atoms. The Kier molecular flexibility index (Phi) is 4.88. The van der Waals surface area contributed by atoms with Gasteiger partial charge in [0.1, 0.15) is 5.78 Å². The van der Waals surface area contributed by atoms with Crippen molar-refractivity contribution < 1.29 is 9.59 Å². The number of Topliss-reactive ketones (excluding diaryl/α,β-unsaturated/α-hetero) is 1. The Morgan fingerprint density at radius 1 is 1.24 bits per heavy atom. The molecule has 0 bridgehead atoms. The lowest BCUT2D eigenvalue weighted by Gasteiger charge is -2.31. The Labute approximate surface area is 124 Å². The molecule has 2 heterocycles. The van der Waals surface area contributed by atoms with Crippen LogP contribution in [0.5, 0.6) is 0 Å². The molecule has 0 spiro atoms. The second-order valence-electron chi connectivity index (χ2n) is 5.78. The highest BCUT2D eigenvalue weighted by molar-refractivity contribution is 5.92. The van der Waals surface area contributed by atoms with Gasteiger partial charge >= 0.3 is 0 Å². The number of carbonyl (C=O) groups excluding carboxylic acids is 2. The van der Waals surface area contributed by atoms with Crippen LogP contribution in [0.1, 0.15) is 44.1 Å². The minimum atomic E-state index is -0.209. The first kappa shape index (κ1) is 15.4. The summed E-state index contributed by atoms with van der Waals surface area (Å²) in [5.41, 5.74) is 0.325. The largest absolute Gasteiger partial charge is 0.355 e. The molecule has 114 valence electrons. The number of nitrogens with one attached hydrogen (secondary N) is 1. The third-order valence-corrected chi connectivity index (χ3v) is 3.70. The molecule has 1 aromatic rings. The Morgan fingerprint density at radius 3 is 2.38 bits per heavy atom. The number of piperidine rings is 1. The van der Waals surface area contributed by atoms with E-state index in [1.165, 1.54) is 0 Å². The van der Waals surface area contributed by atoms with Crippen LogP contribution in [0.3, 0.4) is 0 Å². The van der Waals surface area contributed by atoms with E-state index in [9.17, 15) is 9.59 Å². The summed E-state index contributed by atoms with van der Waals surface area (Å²) in [6.45, 7) is 7.06. The summed E-state index contributed by atoms with van der Waals surface area (Å²) in [5, 5.41) is 10.9. The van der Waals surface area contributed by atoms with Gasteiger partial charge in [0.2, 0.25) is 0 Å². The Hall–Kier alpha value is -1.98. The normalized spacial score (nSPS) is 16.1. The summed E-state index contributed by atoms with van der Waals surface area (Å²) in [4.78, 5) is 25.3.